The molecule has 0 saturated heterocycles. The summed E-state index contributed by atoms with van der Waals surface area (Å²) >= 11 is 0. The first kappa shape index (κ1) is 16.6. The van der Waals surface area contributed by atoms with E-state index in [-0.39, 0.29) is 12.3 Å². The molecule has 0 aliphatic heterocycles. The molecule has 7 heteroatoms. The van der Waals surface area contributed by atoms with Gasteiger partial charge < -0.3 is 10.1 Å². The maximum Gasteiger partial charge on any atom is 0.359 e. The van der Waals surface area contributed by atoms with Gasteiger partial charge in [-0.05, 0) is 36.8 Å². The van der Waals surface area contributed by atoms with Gasteiger partial charge in [0.25, 0.3) is 5.91 Å². The highest BCUT2D eigenvalue weighted by molar-refractivity contribution is 6.02. The molecule has 1 amide bonds. The summed E-state index contributed by atoms with van der Waals surface area (Å²) in [6.07, 6.45) is 3.43. The minimum atomic E-state index is -0.631. The number of nitrogens with one attached hydrogen (secondary N) is 2. The highest BCUT2D eigenvalue weighted by atomic mass is 16.5. The zero-order valence-corrected chi connectivity index (χ0v) is 13.8. The SMILES string of the molecule is CCCc1cc(C(=O)OCC(=O)Nc2cccc3ncccc23)n[nH]1. The summed E-state index contributed by atoms with van der Waals surface area (Å²) < 4.78 is 5.02. The van der Waals surface area contributed by atoms with E-state index in [9.17, 15) is 9.59 Å². The number of carbonyl (C=O) groups excluding carboxylic acids is 2. The van der Waals surface area contributed by atoms with Gasteiger partial charge in [0.15, 0.2) is 12.3 Å². The number of aromatic nitrogens is 3. The molecule has 128 valence electrons. The number of hydrogen-bond donors (Lipinski definition) is 2. The predicted molar refractivity (Wildman–Crippen MR) is 93.2 cm³/mol. The van der Waals surface area contributed by atoms with Gasteiger partial charge in [-0.25, -0.2) is 4.79 Å². The van der Waals surface area contributed by atoms with E-state index in [1.807, 2.05) is 19.1 Å². The fourth-order valence-electron chi connectivity index (χ4n) is 2.47. The van der Waals surface area contributed by atoms with E-state index >= 15 is 0 Å². The molecule has 25 heavy (non-hydrogen) atoms. The number of esters is 1. The Hall–Kier alpha value is -3.22. The molecule has 0 saturated carbocycles. The van der Waals surface area contributed by atoms with Crippen molar-refractivity contribution in [3.05, 3.63) is 54.0 Å². The van der Waals surface area contributed by atoms with Crippen LogP contribution in [0.15, 0.2) is 42.6 Å². The van der Waals surface area contributed by atoms with Gasteiger partial charge in [0.1, 0.15) is 0 Å². The fraction of sp³-hybridized carbons (Fsp3) is 0.222. The Morgan fingerprint density at radius 3 is 2.96 bits per heavy atom. The number of benzene rings is 1. The molecule has 0 fully saturated rings. The lowest BCUT2D eigenvalue weighted by Crippen LogP contribution is -2.21. The number of fused-ring (bicyclic) bond motifs is 1. The van der Waals surface area contributed by atoms with Gasteiger partial charge in [0.2, 0.25) is 0 Å². The van der Waals surface area contributed by atoms with Crippen molar-refractivity contribution in [2.45, 2.75) is 19.8 Å². The lowest BCUT2D eigenvalue weighted by Gasteiger charge is -2.08. The largest absolute Gasteiger partial charge is 0.451 e. The highest BCUT2D eigenvalue weighted by Crippen LogP contribution is 2.21. The van der Waals surface area contributed by atoms with Crippen molar-refractivity contribution in [3.8, 4) is 0 Å². The van der Waals surface area contributed by atoms with Crippen molar-refractivity contribution < 1.29 is 14.3 Å². The van der Waals surface area contributed by atoms with Crippen molar-refractivity contribution in [1.82, 2.24) is 15.2 Å². The van der Waals surface area contributed by atoms with Crippen LogP contribution in [0.25, 0.3) is 10.9 Å². The molecule has 2 N–H and O–H groups in total. The first-order valence-corrected chi connectivity index (χ1v) is 8.02. The Bertz CT molecular complexity index is 899. The molecular formula is C18H18N4O3. The third kappa shape index (κ3) is 4.00. The van der Waals surface area contributed by atoms with E-state index in [1.165, 1.54) is 0 Å². The van der Waals surface area contributed by atoms with Gasteiger partial charge >= 0.3 is 5.97 Å². The number of pyridine rings is 1. The lowest BCUT2D eigenvalue weighted by molar-refractivity contribution is -0.119. The maximum atomic E-state index is 12.1. The molecule has 3 rings (SSSR count). The van der Waals surface area contributed by atoms with Crippen molar-refractivity contribution in [1.29, 1.82) is 0 Å². The van der Waals surface area contributed by atoms with E-state index in [0.717, 1.165) is 29.4 Å². The summed E-state index contributed by atoms with van der Waals surface area (Å²) in [6, 6.07) is 10.7. The average Bonchev–Trinajstić information content (AvgIpc) is 3.09. The summed E-state index contributed by atoms with van der Waals surface area (Å²) in [5.74, 6) is -1.05. The smallest absolute Gasteiger partial charge is 0.359 e. The van der Waals surface area contributed by atoms with Gasteiger partial charge in [0.05, 0.1) is 11.2 Å². The molecule has 0 radical (unpaired) electrons. The van der Waals surface area contributed by atoms with E-state index in [1.54, 1.807) is 30.5 Å². The minimum absolute atomic E-state index is 0.172. The third-order valence-corrected chi connectivity index (χ3v) is 3.61. The number of nitrogens with zero attached hydrogens (tertiary/aromatic N) is 2. The molecular weight excluding hydrogens is 320 g/mol. The van der Waals surface area contributed by atoms with Crippen molar-refractivity contribution in [2.24, 2.45) is 0 Å². The zero-order valence-electron chi connectivity index (χ0n) is 13.8. The van der Waals surface area contributed by atoms with E-state index in [0.29, 0.717) is 5.69 Å². The fourth-order valence-corrected chi connectivity index (χ4v) is 2.47. The van der Waals surface area contributed by atoms with Crippen LogP contribution in [0.1, 0.15) is 29.5 Å². The van der Waals surface area contributed by atoms with Crippen LogP contribution >= 0.6 is 0 Å². The number of carbonyl (C=O) groups is 2. The number of anilines is 1. The van der Waals surface area contributed by atoms with Gasteiger partial charge in [0, 0.05) is 17.3 Å². The normalized spacial score (nSPS) is 10.6. The Morgan fingerprint density at radius 2 is 2.12 bits per heavy atom. The van der Waals surface area contributed by atoms with E-state index in [4.69, 9.17) is 4.74 Å². The molecule has 0 bridgehead atoms. The molecule has 2 aromatic heterocycles. The second-order valence-corrected chi connectivity index (χ2v) is 5.53. The van der Waals surface area contributed by atoms with Crippen LogP contribution in [0, 0.1) is 0 Å². The molecule has 7 nitrogen and oxygen atoms in total. The van der Waals surface area contributed by atoms with Crippen molar-refractivity contribution in [3.63, 3.8) is 0 Å². The third-order valence-electron chi connectivity index (χ3n) is 3.61. The Morgan fingerprint density at radius 1 is 1.24 bits per heavy atom. The highest BCUT2D eigenvalue weighted by Gasteiger charge is 2.14. The Kier molecular flexibility index (Phi) is 5.03. The first-order chi connectivity index (χ1) is 12.2. The van der Waals surface area contributed by atoms with Crippen LogP contribution in [-0.2, 0) is 16.0 Å². The van der Waals surface area contributed by atoms with Crippen LogP contribution < -0.4 is 5.32 Å². The first-order valence-electron chi connectivity index (χ1n) is 8.02. The molecule has 0 unspecified atom stereocenters. The number of ether oxygens (including phenoxy) is 1. The monoisotopic (exact) mass is 338 g/mol. The second-order valence-electron chi connectivity index (χ2n) is 5.53. The number of rotatable bonds is 6. The van der Waals surface area contributed by atoms with Crippen LogP contribution in [0.3, 0.4) is 0 Å². The molecule has 0 spiro atoms. The van der Waals surface area contributed by atoms with E-state index in [2.05, 4.69) is 20.5 Å². The summed E-state index contributed by atoms with van der Waals surface area (Å²) in [5, 5.41) is 10.2. The number of H-pyrrole nitrogens is 1. The molecule has 0 aliphatic rings. The number of aromatic amines is 1. The van der Waals surface area contributed by atoms with Crippen molar-refractivity contribution in [2.75, 3.05) is 11.9 Å². The van der Waals surface area contributed by atoms with Crippen molar-refractivity contribution >= 4 is 28.5 Å². The molecule has 2 heterocycles. The van der Waals surface area contributed by atoms with Gasteiger partial charge in [-0.3, -0.25) is 14.9 Å². The number of amides is 1. The van der Waals surface area contributed by atoms with Gasteiger partial charge in [-0.2, -0.15) is 5.10 Å². The van der Waals surface area contributed by atoms with Gasteiger partial charge in [-0.1, -0.05) is 19.4 Å². The standard InChI is InChI=1S/C18H18N4O3/c1-2-5-12-10-16(22-21-12)18(24)25-11-17(23)20-15-8-3-7-14-13(15)6-4-9-19-14/h3-4,6-10H,2,5,11H2,1H3,(H,20,23)(H,21,22). The minimum Gasteiger partial charge on any atom is -0.451 e. The Labute approximate surface area is 144 Å². The van der Waals surface area contributed by atoms with Crippen LogP contribution in [0.5, 0.6) is 0 Å². The number of aryl methyl sites for hydroxylation is 1. The summed E-state index contributed by atoms with van der Waals surface area (Å²) in [6.45, 7) is 1.65. The summed E-state index contributed by atoms with van der Waals surface area (Å²) in [5.41, 5.74) is 2.43. The summed E-state index contributed by atoms with van der Waals surface area (Å²) in [7, 11) is 0. The molecule has 0 atom stereocenters. The van der Waals surface area contributed by atoms with Crippen LogP contribution in [0.2, 0.25) is 0 Å². The molecule has 0 aliphatic carbocycles. The molecule has 1 aromatic carbocycles. The van der Waals surface area contributed by atoms with E-state index < -0.39 is 11.9 Å². The predicted octanol–water partition coefficient (Wildman–Crippen LogP) is 2.71. The summed E-state index contributed by atoms with van der Waals surface area (Å²) in [4.78, 5) is 28.2. The zero-order chi connectivity index (χ0) is 17.6. The quantitative estimate of drug-likeness (QED) is 0.674. The topological polar surface area (TPSA) is 97.0 Å². The number of hydrogen-bond acceptors (Lipinski definition) is 5. The average molecular weight is 338 g/mol. The van der Waals surface area contributed by atoms with Crippen LogP contribution in [-0.4, -0.2) is 33.7 Å². The molecule has 3 aromatic rings. The van der Waals surface area contributed by atoms with Gasteiger partial charge in [-0.15, -0.1) is 0 Å². The Balaban J connectivity index is 1.59. The second kappa shape index (κ2) is 7.57. The van der Waals surface area contributed by atoms with Crippen LogP contribution in [0.4, 0.5) is 5.69 Å². The maximum absolute atomic E-state index is 12.1. The lowest BCUT2D eigenvalue weighted by atomic mass is 10.2.